The minimum Gasteiger partial charge on any atom is -0.340 e. The Kier molecular flexibility index (Phi) is 3.79. The van der Waals surface area contributed by atoms with Crippen molar-refractivity contribution >= 4 is 21.8 Å². The maximum atomic E-state index is 2.48. The summed E-state index contributed by atoms with van der Waals surface area (Å²) in [6, 6.07) is 34.8. The predicted octanol–water partition coefficient (Wildman–Crippen LogP) is 7.15. The zero-order valence-electron chi connectivity index (χ0n) is 15.4. The summed E-state index contributed by atoms with van der Waals surface area (Å²) in [5, 5.41) is 2.65. The van der Waals surface area contributed by atoms with E-state index in [9.17, 15) is 0 Å². The lowest BCUT2D eigenvalue weighted by atomic mass is 10.0. The van der Waals surface area contributed by atoms with Gasteiger partial charge in [0.05, 0.1) is 11.0 Å². The molecule has 1 aromatic heterocycles. The van der Waals surface area contributed by atoms with Crippen molar-refractivity contribution in [1.82, 2.24) is 4.57 Å². The molecular weight excluding hydrogens is 326 g/mol. The third kappa shape index (κ3) is 2.47. The number of rotatable bonds is 3. The third-order valence-electron chi connectivity index (χ3n) is 5.39. The van der Waals surface area contributed by atoms with Crippen LogP contribution in [0.3, 0.4) is 0 Å². The molecule has 0 unspecified atom stereocenters. The SMILES string of the molecule is CCn1c2c(-c3ccccc3)cccc2c2cccc(-c3ccccc3)c21. The number of aryl methyl sites for hydroxylation is 1. The fourth-order valence-electron chi connectivity index (χ4n) is 4.23. The lowest BCUT2D eigenvalue weighted by Gasteiger charge is -2.11. The van der Waals surface area contributed by atoms with Crippen LogP contribution in [0.4, 0.5) is 0 Å². The molecule has 0 aliphatic carbocycles. The average Bonchev–Trinajstić information content (AvgIpc) is 3.09. The van der Waals surface area contributed by atoms with E-state index in [1.807, 2.05) is 0 Å². The highest BCUT2D eigenvalue weighted by molar-refractivity contribution is 6.16. The van der Waals surface area contributed by atoms with E-state index in [2.05, 4.69) is 109 Å². The van der Waals surface area contributed by atoms with E-state index in [0.717, 1.165) is 6.54 Å². The lowest BCUT2D eigenvalue weighted by Crippen LogP contribution is -1.96. The highest BCUT2D eigenvalue weighted by Gasteiger charge is 2.16. The largest absolute Gasteiger partial charge is 0.340 e. The first-order valence-electron chi connectivity index (χ1n) is 9.53. The molecule has 1 heteroatoms. The van der Waals surface area contributed by atoms with Crippen LogP contribution in [0.5, 0.6) is 0 Å². The van der Waals surface area contributed by atoms with Crippen molar-refractivity contribution in [2.24, 2.45) is 0 Å². The molecule has 0 bridgehead atoms. The van der Waals surface area contributed by atoms with Gasteiger partial charge in [-0.1, -0.05) is 97.1 Å². The first-order chi connectivity index (χ1) is 13.4. The number of fused-ring (bicyclic) bond motifs is 3. The van der Waals surface area contributed by atoms with Crippen LogP contribution >= 0.6 is 0 Å². The van der Waals surface area contributed by atoms with Gasteiger partial charge in [0.2, 0.25) is 0 Å². The molecule has 5 rings (SSSR count). The molecule has 0 fully saturated rings. The zero-order valence-corrected chi connectivity index (χ0v) is 15.4. The second-order valence-corrected chi connectivity index (χ2v) is 6.88. The summed E-state index contributed by atoms with van der Waals surface area (Å²) in [5.74, 6) is 0. The molecule has 0 aliphatic heterocycles. The van der Waals surface area contributed by atoms with Gasteiger partial charge in [0.1, 0.15) is 0 Å². The molecule has 27 heavy (non-hydrogen) atoms. The van der Waals surface area contributed by atoms with Crippen molar-refractivity contribution in [3.8, 4) is 22.3 Å². The van der Waals surface area contributed by atoms with E-state index in [4.69, 9.17) is 0 Å². The van der Waals surface area contributed by atoms with E-state index in [1.54, 1.807) is 0 Å². The molecule has 5 aromatic rings. The number of hydrogen-bond donors (Lipinski definition) is 0. The van der Waals surface area contributed by atoms with Crippen molar-refractivity contribution in [1.29, 1.82) is 0 Å². The summed E-state index contributed by atoms with van der Waals surface area (Å²) in [6.07, 6.45) is 0. The van der Waals surface area contributed by atoms with Gasteiger partial charge in [-0.25, -0.2) is 0 Å². The van der Waals surface area contributed by atoms with Gasteiger partial charge in [0.25, 0.3) is 0 Å². The van der Waals surface area contributed by atoms with Crippen LogP contribution in [0.1, 0.15) is 6.92 Å². The van der Waals surface area contributed by atoms with Crippen molar-refractivity contribution < 1.29 is 0 Å². The molecule has 0 amide bonds. The van der Waals surface area contributed by atoms with Gasteiger partial charge in [-0.3, -0.25) is 0 Å². The van der Waals surface area contributed by atoms with Crippen molar-refractivity contribution in [3.63, 3.8) is 0 Å². The Balaban J connectivity index is 1.94. The van der Waals surface area contributed by atoms with Crippen LogP contribution in [-0.2, 0) is 6.54 Å². The molecule has 0 radical (unpaired) electrons. The average molecular weight is 347 g/mol. The van der Waals surface area contributed by atoms with Gasteiger partial charge in [-0.15, -0.1) is 0 Å². The number of hydrogen-bond acceptors (Lipinski definition) is 0. The zero-order chi connectivity index (χ0) is 18.2. The topological polar surface area (TPSA) is 4.93 Å². The van der Waals surface area contributed by atoms with Gasteiger partial charge in [-0.2, -0.15) is 0 Å². The third-order valence-corrected chi connectivity index (χ3v) is 5.39. The predicted molar refractivity (Wildman–Crippen MR) is 116 cm³/mol. The standard InChI is InChI=1S/C26H21N/c1-2-27-25-21(19-11-5-3-6-12-19)15-9-17-23(25)24-18-10-16-22(26(24)27)20-13-7-4-8-14-20/h3-18H,2H2,1H3. The molecule has 0 N–H and O–H groups in total. The molecule has 0 atom stereocenters. The van der Waals surface area contributed by atoms with Crippen LogP contribution in [0.2, 0.25) is 0 Å². The van der Waals surface area contributed by atoms with E-state index in [-0.39, 0.29) is 0 Å². The van der Waals surface area contributed by atoms with Crippen LogP contribution in [0, 0.1) is 0 Å². The smallest absolute Gasteiger partial charge is 0.0571 e. The van der Waals surface area contributed by atoms with Gasteiger partial charge in [0, 0.05) is 28.4 Å². The molecule has 0 aliphatic rings. The molecule has 4 aromatic carbocycles. The van der Waals surface area contributed by atoms with E-state index in [0.29, 0.717) is 0 Å². The van der Waals surface area contributed by atoms with Gasteiger partial charge in [-0.05, 0) is 18.1 Å². The summed E-state index contributed by atoms with van der Waals surface area (Å²) >= 11 is 0. The highest BCUT2D eigenvalue weighted by atomic mass is 15.0. The van der Waals surface area contributed by atoms with Crippen LogP contribution in [0.15, 0.2) is 97.1 Å². The summed E-state index contributed by atoms with van der Waals surface area (Å²) < 4.78 is 2.48. The fourth-order valence-corrected chi connectivity index (χ4v) is 4.23. The monoisotopic (exact) mass is 347 g/mol. The molecule has 130 valence electrons. The second kappa shape index (κ2) is 6.44. The van der Waals surface area contributed by atoms with Crippen molar-refractivity contribution in [3.05, 3.63) is 97.1 Å². The number of aromatic nitrogens is 1. The Hall–Kier alpha value is -3.32. The van der Waals surface area contributed by atoms with Gasteiger partial charge >= 0.3 is 0 Å². The molecule has 0 saturated carbocycles. The molecule has 0 saturated heterocycles. The Bertz CT molecular complexity index is 1130. The molecule has 0 spiro atoms. The van der Waals surface area contributed by atoms with E-state index >= 15 is 0 Å². The lowest BCUT2D eigenvalue weighted by molar-refractivity contribution is 0.828. The van der Waals surface area contributed by atoms with Crippen molar-refractivity contribution in [2.45, 2.75) is 13.5 Å². The van der Waals surface area contributed by atoms with Gasteiger partial charge in [0.15, 0.2) is 0 Å². The Labute approximate surface area is 159 Å². The quantitative estimate of drug-likeness (QED) is 0.326. The Morgan fingerprint density at radius 2 is 0.963 bits per heavy atom. The fraction of sp³-hybridized carbons (Fsp3) is 0.0769. The normalized spacial score (nSPS) is 11.3. The van der Waals surface area contributed by atoms with E-state index in [1.165, 1.54) is 44.1 Å². The molecular formula is C26H21N. The second-order valence-electron chi connectivity index (χ2n) is 6.88. The van der Waals surface area contributed by atoms with Crippen LogP contribution < -0.4 is 0 Å². The summed E-state index contributed by atoms with van der Waals surface area (Å²) in [7, 11) is 0. The summed E-state index contributed by atoms with van der Waals surface area (Å²) in [4.78, 5) is 0. The first-order valence-corrected chi connectivity index (χ1v) is 9.53. The number of nitrogens with zero attached hydrogens (tertiary/aromatic N) is 1. The van der Waals surface area contributed by atoms with Gasteiger partial charge < -0.3 is 4.57 Å². The number of para-hydroxylation sites is 2. The number of benzene rings is 4. The Morgan fingerprint density at radius 3 is 1.37 bits per heavy atom. The minimum absolute atomic E-state index is 0.938. The summed E-state index contributed by atoms with van der Waals surface area (Å²) in [5.41, 5.74) is 7.77. The molecule has 1 heterocycles. The van der Waals surface area contributed by atoms with Crippen molar-refractivity contribution in [2.75, 3.05) is 0 Å². The highest BCUT2D eigenvalue weighted by Crippen LogP contribution is 2.39. The first kappa shape index (κ1) is 15.9. The Morgan fingerprint density at radius 1 is 0.519 bits per heavy atom. The summed E-state index contributed by atoms with van der Waals surface area (Å²) in [6.45, 7) is 3.18. The minimum atomic E-state index is 0.938. The van der Waals surface area contributed by atoms with Crippen LogP contribution in [0.25, 0.3) is 44.1 Å². The maximum Gasteiger partial charge on any atom is 0.0571 e. The van der Waals surface area contributed by atoms with E-state index < -0.39 is 0 Å². The maximum absolute atomic E-state index is 2.48. The molecule has 1 nitrogen and oxygen atoms in total. The van der Waals surface area contributed by atoms with Crippen LogP contribution in [-0.4, -0.2) is 4.57 Å².